The molecule has 0 bridgehead atoms. The van der Waals surface area contributed by atoms with Crippen LogP contribution in [0.25, 0.3) is 0 Å². The van der Waals surface area contributed by atoms with Crippen molar-refractivity contribution < 1.29 is 4.79 Å². The quantitative estimate of drug-likeness (QED) is 0.825. The molecule has 2 heterocycles. The van der Waals surface area contributed by atoms with Crippen LogP contribution in [-0.4, -0.2) is 49.6 Å². The Morgan fingerprint density at radius 3 is 3.28 bits per heavy atom. The van der Waals surface area contributed by atoms with E-state index in [0.717, 1.165) is 32.6 Å². The number of hydrogen-bond donors (Lipinski definition) is 2. The maximum Gasteiger partial charge on any atom is 0.238 e. The highest BCUT2D eigenvalue weighted by molar-refractivity contribution is 7.07. The van der Waals surface area contributed by atoms with Gasteiger partial charge in [-0.1, -0.05) is 0 Å². The lowest BCUT2D eigenvalue weighted by Crippen LogP contribution is -2.58. The van der Waals surface area contributed by atoms with Gasteiger partial charge in [-0.05, 0) is 35.7 Å². The van der Waals surface area contributed by atoms with Crippen LogP contribution in [0.3, 0.4) is 0 Å². The van der Waals surface area contributed by atoms with E-state index in [9.17, 15) is 4.79 Å². The Balaban J connectivity index is 1.89. The van der Waals surface area contributed by atoms with Crippen LogP contribution in [0.1, 0.15) is 12.5 Å². The number of amides is 1. The zero-order chi connectivity index (χ0) is 12.8. The van der Waals surface area contributed by atoms with Crippen molar-refractivity contribution in [1.82, 2.24) is 15.5 Å². The standard InChI is InChI=1S/C13H21N3OS/c1-2-15-13(17)12-9-14-5-7-16(12)6-3-11-4-8-18-10-11/h4,8,10,12,14H,2-3,5-7,9H2,1H3,(H,15,17). The van der Waals surface area contributed by atoms with Gasteiger partial charge in [0.2, 0.25) is 5.91 Å². The molecule has 2 N–H and O–H groups in total. The smallest absolute Gasteiger partial charge is 0.238 e. The summed E-state index contributed by atoms with van der Waals surface area (Å²) in [6.45, 7) is 6.30. The fourth-order valence-electron chi connectivity index (χ4n) is 2.27. The van der Waals surface area contributed by atoms with Gasteiger partial charge in [-0.3, -0.25) is 9.69 Å². The molecule has 1 atom stereocenters. The molecule has 1 amide bonds. The number of hydrogen-bond acceptors (Lipinski definition) is 4. The molecule has 0 spiro atoms. The molecule has 18 heavy (non-hydrogen) atoms. The minimum absolute atomic E-state index is 0.0164. The zero-order valence-electron chi connectivity index (χ0n) is 10.8. The molecule has 2 rings (SSSR count). The molecular weight excluding hydrogens is 246 g/mol. The summed E-state index contributed by atoms with van der Waals surface area (Å²) < 4.78 is 0. The van der Waals surface area contributed by atoms with E-state index < -0.39 is 0 Å². The first-order valence-corrected chi connectivity index (χ1v) is 7.49. The molecular formula is C13H21N3OS. The van der Waals surface area contributed by atoms with E-state index >= 15 is 0 Å². The maximum absolute atomic E-state index is 12.0. The molecule has 1 aromatic heterocycles. The van der Waals surface area contributed by atoms with Crippen molar-refractivity contribution in [3.8, 4) is 0 Å². The molecule has 0 saturated carbocycles. The van der Waals surface area contributed by atoms with Crippen LogP contribution >= 0.6 is 11.3 Å². The Morgan fingerprint density at radius 1 is 1.67 bits per heavy atom. The van der Waals surface area contributed by atoms with Crippen LogP contribution in [0.4, 0.5) is 0 Å². The molecule has 1 fully saturated rings. The van der Waals surface area contributed by atoms with Gasteiger partial charge >= 0.3 is 0 Å². The fraction of sp³-hybridized carbons (Fsp3) is 0.615. The van der Waals surface area contributed by atoms with Gasteiger partial charge in [0.1, 0.15) is 6.04 Å². The highest BCUT2D eigenvalue weighted by atomic mass is 32.1. The predicted octanol–water partition coefficient (Wildman–Crippen LogP) is 0.701. The number of carbonyl (C=O) groups is 1. The molecule has 1 saturated heterocycles. The SMILES string of the molecule is CCNC(=O)C1CNCCN1CCc1ccsc1. The van der Waals surface area contributed by atoms with Crippen LogP contribution in [0.2, 0.25) is 0 Å². The van der Waals surface area contributed by atoms with Gasteiger partial charge in [0.15, 0.2) is 0 Å². The van der Waals surface area contributed by atoms with Crippen molar-refractivity contribution in [2.24, 2.45) is 0 Å². The Bertz CT molecular complexity index is 366. The number of carbonyl (C=O) groups excluding carboxylic acids is 1. The van der Waals surface area contributed by atoms with Crippen molar-refractivity contribution in [3.05, 3.63) is 22.4 Å². The van der Waals surface area contributed by atoms with Crippen LogP contribution in [0.15, 0.2) is 16.8 Å². The van der Waals surface area contributed by atoms with E-state index in [-0.39, 0.29) is 11.9 Å². The lowest BCUT2D eigenvalue weighted by atomic mass is 10.1. The fourth-order valence-corrected chi connectivity index (χ4v) is 2.98. The monoisotopic (exact) mass is 267 g/mol. The van der Waals surface area contributed by atoms with Gasteiger partial charge in [-0.2, -0.15) is 11.3 Å². The Kier molecular flexibility index (Phi) is 5.16. The van der Waals surface area contributed by atoms with Crippen molar-refractivity contribution >= 4 is 17.2 Å². The first-order chi connectivity index (χ1) is 8.81. The van der Waals surface area contributed by atoms with Gasteiger partial charge in [0, 0.05) is 32.7 Å². The van der Waals surface area contributed by atoms with Crippen LogP contribution in [0.5, 0.6) is 0 Å². The Labute approximate surface area is 112 Å². The second kappa shape index (κ2) is 6.87. The summed E-state index contributed by atoms with van der Waals surface area (Å²) in [5, 5.41) is 10.5. The molecule has 1 aromatic rings. The normalized spacial score (nSPS) is 20.8. The molecule has 1 aliphatic heterocycles. The van der Waals surface area contributed by atoms with Crippen molar-refractivity contribution in [2.45, 2.75) is 19.4 Å². The summed E-state index contributed by atoms with van der Waals surface area (Å²) in [6, 6.07) is 2.14. The van der Waals surface area contributed by atoms with Crippen LogP contribution in [0, 0.1) is 0 Å². The third-order valence-electron chi connectivity index (χ3n) is 3.28. The van der Waals surface area contributed by atoms with Gasteiger partial charge in [0.05, 0.1) is 0 Å². The van der Waals surface area contributed by atoms with E-state index in [1.807, 2.05) is 6.92 Å². The van der Waals surface area contributed by atoms with Crippen molar-refractivity contribution in [3.63, 3.8) is 0 Å². The molecule has 100 valence electrons. The average Bonchev–Trinajstić information content (AvgIpc) is 2.90. The summed E-state index contributed by atoms with van der Waals surface area (Å²) in [4.78, 5) is 14.3. The molecule has 5 heteroatoms. The third-order valence-corrected chi connectivity index (χ3v) is 4.01. The van der Waals surface area contributed by atoms with E-state index in [2.05, 4.69) is 32.4 Å². The maximum atomic E-state index is 12.0. The molecule has 4 nitrogen and oxygen atoms in total. The van der Waals surface area contributed by atoms with Crippen molar-refractivity contribution in [2.75, 3.05) is 32.7 Å². The van der Waals surface area contributed by atoms with Crippen molar-refractivity contribution in [1.29, 1.82) is 0 Å². The molecule has 0 aromatic carbocycles. The second-order valence-corrected chi connectivity index (χ2v) is 5.31. The lowest BCUT2D eigenvalue weighted by molar-refractivity contribution is -0.126. The molecule has 0 aliphatic carbocycles. The number of nitrogens with zero attached hydrogens (tertiary/aromatic N) is 1. The summed E-state index contributed by atoms with van der Waals surface area (Å²) in [6.07, 6.45) is 1.03. The van der Waals surface area contributed by atoms with Gasteiger partial charge in [-0.25, -0.2) is 0 Å². The number of piperazine rings is 1. The van der Waals surface area contributed by atoms with E-state index in [1.165, 1.54) is 5.56 Å². The van der Waals surface area contributed by atoms with E-state index in [0.29, 0.717) is 6.54 Å². The van der Waals surface area contributed by atoms with Gasteiger partial charge in [-0.15, -0.1) is 0 Å². The summed E-state index contributed by atoms with van der Waals surface area (Å²) in [5.41, 5.74) is 1.37. The number of rotatable bonds is 5. The van der Waals surface area contributed by atoms with E-state index in [4.69, 9.17) is 0 Å². The van der Waals surface area contributed by atoms with Gasteiger partial charge in [0.25, 0.3) is 0 Å². The molecule has 1 aliphatic rings. The topological polar surface area (TPSA) is 44.4 Å². The summed E-state index contributed by atoms with van der Waals surface area (Å²) >= 11 is 1.73. The van der Waals surface area contributed by atoms with E-state index in [1.54, 1.807) is 11.3 Å². The number of likely N-dealkylation sites (N-methyl/N-ethyl adjacent to an activating group) is 1. The van der Waals surface area contributed by atoms with Gasteiger partial charge < -0.3 is 10.6 Å². The van der Waals surface area contributed by atoms with Crippen LogP contribution < -0.4 is 10.6 Å². The highest BCUT2D eigenvalue weighted by Gasteiger charge is 2.27. The molecule has 1 unspecified atom stereocenters. The third kappa shape index (κ3) is 3.54. The largest absolute Gasteiger partial charge is 0.355 e. The lowest BCUT2D eigenvalue weighted by Gasteiger charge is -2.35. The number of thiophene rings is 1. The Hall–Kier alpha value is -0.910. The first kappa shape index (κ1) is 13.5. The first-order valence-electron chi connectivity index (χ1n) is 6.55. The average molecular weight is 267 g/mol. The highest BCUT2D eigenvalue weighted by Crippen LogP contribution is 2.10. The minimum Gasteiger partial charge on any atom is -0.355 e. The van der Waals surface area contributed by atoms with Crippen LogP contribution in [-0.2, 0) is 11.2 Å². The zero-order valence-corrected chi connectivity index (χ0v) is 11.6. The molecule has 0 radical (unpaired) electrons. The summed E-state index contributed by atoms with van der Waals surface area (Å²) in [5.74, 6) is 0.148. The second-order valence-electron chi connectivity index (χ2n) is 4.53. The summed E-state index contributed by atoms with van der Waals surface area (Å²) in [7, 11) is 0. The minimum atomic E-state index is -0.0164. The predicted molar refractivity (Wildman–Crippen MR) is 74.9 cm³/mol. The Morgan fingerprint density at radius 2 is 2.56 bits per heavy atom. The number of nitrogens with one attached hydrogen (secondary N) is 2.